The maximum atomic E-state index is 11.9. The van der Waals surface area contributed by atoms with Crippen LogP contribution >= 0.6 is 0 Å². The Kier molecular flexibility index (Phi) is 3.72. The third-order valence-corrected chi connectivity index (χ3v) is 2.61. The average molecular weight is 240 g/mol. The molecular formula is C15H16N2O. The van der Waals surface area contributed by atoms with Crippen molar-refractivity contribution in [1.82, 2.24) is 4.98 Å². The third-order valence-electron chi connectivity index (χ3n) is 2.61. The number of aryl methyl sites for hydroxylation is 2. The zero-order chi connectivity index (χ0) is 13.0. The summed E-state index contributed by atoms with van der Waals surface area (Å²) in [4.78, 5) is 15.9. The van der Waals surface area contributed by atoms with Gasteiger partial charge in [0.25, 0.3) is 0 Å². The zero-order valence-electron chi connectivity index (χ0n) is 10.6. The predicted octanol–water partition coefficient (Wildman–Crippen LogP) is 2.88. The Morgan fingerprint density at radius 1 is 1.17 bits per heavy atom. The molecule has 0 saturated carbocycles. The minimum Gasteiger partial charge on any atom is -0.324 e. The number of hydrogen-bond donors (Lipinski definition) is 1. The van der Waals surface area contributed by atoms with Crippen molar-refractivity contribution < 1.29 is 4.79 Å². The minimum absolute atomic E-state index is 0.0204. The van der Waals surface area contributed by atoms with Crippen molar-refractivity contribution in [1.29, 1.82) is 0 Å². The summed E-state index contributed by atoms with van der Waals surface area (Å²) in [7, 11) is 0. The number of pyridine rings is 1. The van der Waals surface area contributed by atoms with E-state index in [0.29, 0.717) is 6.42 Å². The van der Waals surface area contributed by atoms with Gasteiger partial charge in [-0.05, 0) is 31.0 Å². The van der Waals surface area contributed by atoms with Crippen LogP contribution in [0, 0.1) is 13.8 Å². The summed E-state index contributed by atoms with van der Waals surface area (Å²) in [6.07, 6.45) is 3.80. The van der Waals surface area contributed by atoms with E-state index in [1.165, 1.54) is 0 Å². The number of benzene rings is 1. The van der Waals surface area contributed by atoms with Crippen molar-refractivity contribution in [3.05, 3.63) is 59.4 Å². The van der Waals surface area contributed by atoms with E-state index in [2.05, 4.69) is 10.3 Å². The molecule has 1 heterocycles. The Morgan fingerprint density at radius 3 is 2.72 bits per heavy atom. The summed E-state index contributed by atoms with van der Waals surface area (Å²) in [6, 6.07) is 9.87. The Hall–Kier alpha value is -2.16. The SMILES string of the molecule is Cc1cccc(CC(=O)Nc2cncc(C)c2)c1. The summed E-state index contributed by atoms with van der Waals surface area (Å²) >= 11 is 0. The van der Waals surface area contributed by atoms with Crippen LogP contribution in [-0.4, -0.2) is 10.9 Å². The number of rotatable bonds is 3. The number of anilines is 1. The first-order chi connectivity index (χ1) is 8.63. The second kappa shape index (κ2) is 5.45. The smallest absolute Gasteiger partial charge is 0.228 e. The van der Waals surface area contributed by atoms with Crippen molar-refractivity contribution in [2.45, 2.75) is 20.3 Å². The number of carbonyl (C=O) groups is 1. The molecule has 0 saturated heterocycles. The fraction of sp³-hybridized carbons (Fsp3) is 0.200. The molecule has 1 aromatic heterocycles. The van der Waals surface area contributed by atoms with E-state index >= 15 is 0 Å². The topological polar surface area (TPSA) is 42.0 Å². The molecule has 1 N–H and O–H groups in total. The van der Waals surface area contributed by atoms with Crippen LogP contribution in [-0.2, 0) is 11.2 Å². The second-order valence-electron chi connectivity index (χ2n) is 4.46. The molecule has 0 aliphatic heterocycles. The fourth-order valence-electron chi connectivity index (χ4n) is 1.84. The molecular weight excluding hydrogens is 224 g/mol. The van der Waals surface area contributed by atoms with Crippen LogP contribution < -0.4 is 5.32 Å². The van der Waals surface area contributed by atoms with Crippen molar-refractivity contribution in [3.8, 4) is 0 Å². The molecule has 0 radical (unpaired) electrons. The fourth-order valence-corrected chi connectivity index (χ4v) is 1.84. The standard InChI is InChI=1S/C15H16N2O/c1-11-4-3-5-13(6-11)8-15(18)17-14-7-12(2)9-16-10-14/h3-7,9-10H,8H2,1-2H3,(H,17,18). The molecule has 2 rings (SSSR count). The monoisotopic (exact) mass is 240 g/mol. The molecule has 92 valence electrons. The Morgan fingerprint density at radius 2 is 2.00 bits per heavy atom. The Balaban J connectivity index is 2.01. The molecule has 1 amide bonds. The molecule has 0 aliphatic rings. The van der Waals surface area contributed by atoms with Gasteiger partial charge in [0.15, 0.2) is 0 Å². The lowest BCUT2D eigenvalue weighted by molar-refractivity contribution is -0.115. The molecule has 1 aromatic carbocycles. The molecule has 0 fully saturated rings. The van der Waals surface area contributed by atoms with E-state index in [1.807, 2.05) is 44.2 Å². The number of nitrogens with one attached hydrogen (secondary N) is 1. The van der Waals surface area contributed by atoms with Gasteiger partial charge < -0.3 is 5.32 Å². The Bertz CT molecular complexity index is 514. The normalized spacial score (nSPS) is 10.1. The quantitative estimate of drug-likeness (QED) is 0.896. The van der Waals surface area contributed by atoms with E-state index in [0.717, 1.165) is 22.4 Å². The number of amides is 1. The van der Waals surface area contributed by atoms with Gasteiger partial charge in [-0.1, -0.05) is 29.8 Å². The van der Waals surface area contributed by atoms with E-state index in [1.54, 1.807) is 12.4 Å². The largest absolute Gasteiger partial charge is 0.324 e. The lowest BCUT2D eigenvalue weighted by Gasteiger charge is -2.06. The highest BCUT2D eigenvalue weighted by molar-refractivity contribution is 5.92. The number of carbonyl (C=O) groups excluding carboxylic acids is 1. The van der Waals surface area contributed by atoms with Crippen molar-refractivity contribution in [2.24, 2.45) is 0 Å². The molecule has 0 aliphatic carbocycles. The zero-order valence-corrected chi connectivity index (χ0v) is 10.6. The molecule has 0 bridgehead atoms. The third kappa shape index (κ3) is 3.42. The van der Waals surface area contributed by atoms with E-state index in [9.17, 15) is 4.79 Å². The summed E-state index contributed by atoms with van der Waals surface area (Å²) < 4.78 is 0. The summed E-state index contributed by atoms with van der Waals surface area (Å²) in [5.74, 6) is -0.0204. The van der Waals surface area contributed by atoms with Crippen molar-refractivity contribution >= 4 is 11.6 Å². The maximum Gasteiger partial charge on any atom is 0.228 e. The first kappa shape index (κ1) is 12.3. The lowest BCUT2D eigenvalue weighted by atomic mass is 10.1. The number of hydrogen-bond acceptors (Lipinski definition) is 2. The molecule has 0 spiro atoms. The lowest BCUT2D eigenvalue weighted by Crippen LogP contribution is -2.14. The van der Waals surface area contributed by atoms with Crippen molar-refractivity contribution in [2.75, 3.05) is 5.32 Å². The van der Waals surface area contributed by atoms with Crippen molar-refractivity contribution in [3.63, 3.8) is 0 Å². The van der Waals surface area contributed by atoms with Crippen LogP contribution in [0.15, 0.2) is 42.7 Å². The molecule has 0 atom stereocenters. The maximum absolute atomic E-state index is 11.9. The number of nitrogens with zero attached hydrogens (tertiary/aromatic N) is 1. The van der Waals surface area contributed by atoms with Crippen LogP contribution in [0.2, 0.25) is 0 Å². The van der Waals surface area contributed by atoms with Crippen LogP contribution in [0.25, 0.3) is 0 Å². The summed E-state index contributed by atoms with van der Waals surface area (Å²) in [5, 5.41) is 2.85. The van der Waals surface area contributed by atoms with Gasteiger partial charge in [0.1, 0.15) is 0 Å². The molecule has 3 nitrogen and oxygen atoms in total. The highest BCUT2D eigenvalue weighted by Crippen LogP contribution is 2.09. The summed E-state index contributed by atoms with van der Waals surface area (Å²) in [5.41, 5.74) is 3.96. The van der Waals surface area contributed by atoms with Gasteiger partial charge in [-0.2, -0.15) is 0 Å². The molecule has 0 unspecified atom stereocenters. The molecule has 2 aromatic rings. The second-order valence-corrected chi connectivity index (χ2v) is 4.46. The highest BCUT2D eigenvalue weighted by Gasteiger charge is 2.04. The Labute approximate surface area is 107 Å². The van der Waals surface area contributed by atoms with Crippen LogP contribution in [0.5, 0.6) is 0 Å². The first-order valence-electron chi connectivity index (χ1n) is 5.90. The molecule has 3 heteroatoms. The summed E-state index contributed by atoms with van der Waals surface area (Å²) in [6.45, 7) is 3.97. The van der Waals surface area contributed by atoms with Gasteiger partial charge in [-0.15, -0.1) is 0 Å². The number of aromatic nitrogens is 1. The van der Waals surface area contributed by atoms with Crippen LogP contribution in [0.4, 0.5) is 5.69 Å². The van der Waals surface area contributed by atoms with Gasteiger partial charge in [-0.25, -0.2) is 0 Å². The van der Waals surface area contributed by atoms with E-state index < -0.39 is 0 Å². The average Bonchev–Trinajstić information content (AvgIpc) is 2.28. The van der Waals surface area contributed by atoms with Gasteiger partial charge in [0, 0.05) is 6.20 Å². The van der Waals surface area contributed by atoms with E-state index in [4.69, 9.17) is 0 Å². The van der Waals surface area contributed by atoms with Gasteiger partial charge in [0.05, 0.1) is 18.3 Å². The van der Waals surface area contributed by atoms with Gasteiger partial charge >= 0.3 is 0 Å². The van der Waals surface area contributed by atoms with Crippen LogP contribution in [0.1, 0.15) is 16.7 Å². The first-order valence-corrected chi connectivity index (χ1v) is 5.90. The minimum atomic E-state index is -0.0204. The van der Waals surface area contributed by atoms with Gasteiger partial charge in [-0.3, -0.25) is 9.78 Å². The van der Waals surface area contributed by atoms with E-state index in [-0.39, 0.29) is 5.91 Å². The van der Waals surface area contributed by atoms with Crippen LogP contribution in [0.3, 0.4) is 0 Å². The highest BCUT2D eigenvalue weighted by atomic mass is 16.1. The predicted molar refractivity (Wildman–Crippen MR) is 72.5 cm³/mol. The van der Waals surface area contributed by atoms with Gasteiger partial charge in [0.2, 0.25) is 5.91 Å². The molecule has 18 heavy (non-hydrogen) atoms.